The molecule has 2 aromatic heterocycles. The first-order valence-corrected chi connectivity index (χ1v) is 11.5. The molecule has 0 aliphatic rings. The number of para-hydroxylation sites is 3. The van der Waals surface area contributed by atoms with E-state index in [9.17, 15) is 4.79 Å². The molecule has 0 unspecified atom stereocenters. The topological polar surface area (TPSA) is 59.9 Å². The van der Waals surface area contributed by atoms with Gasteiger partial charge >= 0.3 is 0 Å². The summed E-state index contributed by atoms with van der Waals surface area (Å²) in [6.07, 6.45) is 0. The van der Waals surface area contributed by atoms with E-state index in [0.717, 1.165) is 20.9 Å². The van der Waals surface area contributed by atoms with Gasteiger partial charge in [0.1, 0.15) is 16.8 Å². The number of aromatic nitrogens is 3. The molecule has 0 bridgehead atoms. The average Bonchev–Trinajstić information content (AvgIpc) is 3.18. The molecule has 0 aliphatic carbocycles. The first-order valence-electron chi connectivity index (χ1n) is 9.70. The Hall–Kier alpha value is -3.03. The molecule has 2 heterocycles. The molecule has 154 valence electrons. The van der Waals surface area contributed by atoms with Crippen LogP contribution in [0.15, 0.2) is 87.2 Å². The Morgan fingerprint density at radius 3 is 2.58 bits per heavy atom. The molecule has 0 radical (unpaired) electrons. The van der Waals surface area contributed by atoms with Gasteiger partial charge in [0, 0.05) is 21.1 Å². The number of halogens is 1. The monoisotopic (exact) mass is 491 g/mol. The Morgan fingerprint density at radius 1 is 1.03 bits per heavy atom. The molecule has 7 heteroatoms. The fraction of sp³-hybridized carbons (Fsp3) is 0.0833. The summed E-state index contributed by atoms with van der Waals surface area (Å²) in [7, 11) is 1.60. The van der Waals surface area contributed by atoms with Crippen LogP contribution in [0.3, 0.4) is 0 Å². The minimum Gasteiger partial charge on any atom is -0.495 e. The van der Waals surface area contributed by atoms with Crippen LogP contribution in [0.5, 0.6) is 5.75 Å². The fourth-order valence-electron chi connectivity index (χ4n) is 3.59. The number of H-pyrrole nitrogens is 1. The van der Waals surface area contributed by atoms with Crippen molar-refractivity contribution in [3.05, 3.63) is 93.2 Å². The number of aromatic amines is 1. The number of ether oxygens (including phenoxy) is 1. The van der Waals surface area contributed by atoms with Gasteiger partial charge < -0.3 is 9.72 Å². The third kappa shape index (κ3) is 3.64. The van der Waals surface area contributed by atoms with E-state index in [-0.39, 0.29) is 5.56 Å². The van der Waals surface area contributed by atoms with Crippen LogP contribution in [0.1, 0.15) is 5.56 Å². The lowest BCUT2D eigenvalue weighted by atomic mass is 10.2. The number of nitrogens with one attached hydrogen (secondary N) is 1. The lowest BCUT2D eigenvalue weighted by molar-refractivity contribution is 0.411. The lowest BCUT2D eigenvalue weighted by Crippen LogP contribution is -2.22. The standard InChI is InChI=1S/C24H18BrN3O2S/c1-30-20-9-5-4-8-19(20)28-23(29)22-21(17-6-2-3-7-18(17)26-22)27-24(28)31-14-15-10-12-16(25)13-11-15/h2-13,26H,14H2,1H3. The lowest BCUT2D eigenvalue weighted by Gasteiger charge is -2.15. The number of rotatable bonds is 5. The highest BCUT2D eigenvalue weighted by molar-refractivity contribution is 9.10. The molecular formula is C24H18BrN3O2S. The molecule has 0 atom stereocenters. The van der Waals surface area contributed by atoms with Crippen molar-refractivity contribution in [2.45, 2.75) is 10.9 Å². The summed E-state index contributed by atoms with van der Waals surface area (Å²) >= 11 is 5.00. The van der Waals surface area contributed by atoms with E-state index >= 15 is 0 Å². The third-order valence-electron chi connectivity index (χ3n) is 5.10. The third-order valence-corrected chi connectivity index (χ3v) is 6.64. The Balaban J connectivity index is 1.73. The van der Waals surface area contributed by atoms with Crippen molar-refractivity contribution in [3.63, 3.8) is 0 Å². The minimum atomic E-state index is -0.149. The predicted octanol–water partition coefficient (Wildman–Crippen LogP) is 5.93. The molecule has 0 amide bonds. The van der Waals surface area contributed by atoms with Crippen LogP contribution in [0.4, 0.5) is 0 Å². The van der Waals surface area contributed by atoms with Gasteiger partial charge in [0.05, 0.1) is 12.8 Å². The van der Waals surface area contributed by atoms with Crippen molar-refractivity contribution in [2.75, 3.05) is 7.11 Å². The van der Waals surface area contributed by atoms with Gasteiger partial charge in [0.2, 0.25) is 0 Å². The number of nitrogens with zero attached hydrogens (tertiary/aromatic N) is 2. The summed E-state index contributed by atoms with van der Waals surface area (Å²) < 4.78 is 8.22. The number of hydrogen-bond donors (Lipinski definition) is 1. The number of benzene rings is 3. The molecule has 0 fully saturated rings. The molecule has 5 aromatic rings. The highest BCUT2D eigenvalue weighted by Gasteiger charge is 2.19. The molecule has 0 aliphatic heterocycles. The average molecular weight is 492 g/mol. The van der Waals surface area contributed by atoms with Gasteiger partial charge in [-0.2, -0.15) is 0 Å². The second kappa shape index (κ2) is 8.24. The smallest absolute Gasteiger partial charge is 0.283 e. The summed E-state index contributed by atoms with van der Waals surface area (Å²) in [5.41, 5.74) is 3.73. The van der Waals surface area contributed by atoms with Gasteiger partial charge in [0.25, 0.3) is 5.56 Å². The Bertz CT molecular complexity index is 1460. The largest absolute Gasteiger partial charge is 0.495 e. The zero-order valence-corrected chi connectivity index (χ0v) is 19.0. The normalized spacial score (nSPS) is 11.3. The quantitative estimate of drug-likeness (QED) is 0.244. The van der Waals surface area contributed by atoms with Crippen molar-refractivity contribution in [3.8, 4) is 11.4 Å². The summed E-state index contributed by atoms with van der Waals surface area (Å²) in [5, 5.41) is 1.56. The van der Waals surface area contributed by atoms with E-state index < -0.39 is 0 Å². The van der Waals surface area contributed by atoms with Gasteiger partial charge in [-0.1, -0.05) is 70.2 Å². The van der Waals surface area contributed by atoms with Gasteiger partial charge in [-0.15, -0.1) is 0 Å². The summed E-state index contributed by atoms with van der Waals surface area (Å²) in [6.45, 7) is 0. The molecule has 0 saturated heterocycles. The van der Waals surface area contributed by atoms with Crippen LogP contribution >= 0.6 is 27.7 Å². The summed E-state index contributed by atoms with van der Waals surface area (Å²) in [5.74, 6) is 1.30. The van der Waals surface area contributed by atoms with Crippen molar-refractivity contribution >= 4 is 49.6 Å². The van der Waals surface area contributed by atoms with Crippen LogP contribution in [-0.4, -0.2) is 21.6 Å². The number of methoxy groups -OCH3 is 1. The number of thioether (sulfide) groups is 1. The Morgan fingerprint density at radius 2 is 1.77 bits per heavy atom. The van der Waals surface area contributed by atoms with Crippen LogP contribution in [-0.2, 0) is 5.75 Å². The van der Waals surface area contributed by atoms with E-state index in [0.29, 0.717) is 33.4 Å². The highest BCUT2D eigenvalue weighted by atomic mass is 79.9. The zero-order valence-electron chi connectivity index (χ0n) is 16.6. The Labute approximate surface area is 191 Å². The molecule has 31 heavy (non-hydrogen) atoms. The summed E-state index contributed by atoms with van der Waals surface area (Å²) in [6, 6.07) is 23.5. The molecule has 3 aromatic carbocycles. The zero-order chi connectivity index (χ0) is 21.4. The fourth-order valence-corrected chi connectivity index (χ4v) is 4.81. The first kappa shape index (κ1) is 19.9. The van der Waals surface area contributed by atoms with Gasteiger partial charge in [0.15, 0.2) is 5.16 Å². The maximum Gasteiger partial charge on any atom is 0.283 e. The van der Waals surface area contributed by atoms with E-state index in [4.69, 9.17) is 9.72 Å². The van der Waals surface area contributed by atoms with Gasteiger partial charge in [-0.3, -0.25) is 4.79 Å². The highest BCUT2D eigenvalue weighted by Crippen LogP contribution is 2.31. The SMILES string of the molecule is COc1ccccc1-n1c(SCc2ccc(Br)cc2)nc2c([nH]c3ccccc32)c1=O. The molecule has 0 saturated carbocycles. The summed E-state index contributed by atoms with van der Waals surface area (Å²) in [4.78, 5) is 21.8. The molecule has 5 nitrogen and oxygen atoms in total. The maximum atomic E-state index is 13.7. The number of hydrogen-bond acceptors (Lipinski definition) is 4. The van der Waals surface area contributed by atoms with Crippen molar-refractivity contribution in [2.24, 2.45) is 0 Å². The predicted molar refractivity (Wildman–Crippen MR) is 129 cm³/mol. The molecular weight excluding hydrogens is 474 g/mol. The maximum absolute atomic E-state index is 13.7. The molecule has 0 spiro atoms. The second-order valence-corrected chi connectivity index (χ2v) is 8.87. The molecule has 1 N–H and O–H groups in total. The van der Waals surface area contributed by atoms with E-state index in [2.05, 4.69) is 33.0 Å². The van der Waals surface area contributed by atoms with Crippen molar-refractivity contribution in [1.29, 1.82) is 0 Å². The second-order valence-electron chi connectivity index (χ2n) is 7.02. The Kier molecular flexibility index (Phi) is 5.29. The number of fused-ring (bicyclic) bond motifs is 3. The van der Waals surface area contributed by atoms with Gasteiger partial charge in [-0.25, -0.2) is 9.55 Å². The molecule has 5 rings (SSSR count). The van der Waals surface area contributed by atoms with Gasteiger partial charge in [-0.05, 0) is 35.9 Å². The van der Waals surface area contributed by atoms with Crippen LogP contribution in [0.2, 0.25) is 0 Å². The van der Waals surface area contributed by atoms with E-state index in [1.54, 1.807) is 11.7 Å². The van der Waals surface area contributed by atoms with Crippen LogP contribution < -0.4 is 10.3 Å². The van der Waals surface area contributed by atoms with E-state index in [1.165, 1.54) is 11.8 Å². The van der Waals surface area contributed by atoms with Crippen molar-refractivity contribution in [1.82, 2.24) is 14.5 Å². The minimum absolute atomic E-state index is 0.149. The van der Waals surface area contributed by atoms with Crippen molar-refractivity contribution < 1.29 is 4.74 Å². The van der Waals surface area contributed by atoms with Crippen LogP contribution in [0, 0.1) is 0 Å². The van der Waals surface area contributed by atoms with Crippen LogP contribution in [0.25, 0.3) is 27.6 Å². The van der Waals surface area contributed by atoms with E-state index in [1.807, 2.05) is 60.7 Å². The first-order chi connectivity index (χ1) is 15.2.